The van der Waals surface area contributed by atoms with Crippen molar-refractivity contribution in [1.29, 1.82) is 0 Å². The van der Waals surface area contributed by atoms with Crippen LogP contribution in [0.25, 0.3) is 0 Å². The lowest BCUT2D eigenvalue weighted by Gasteiger charge is -2.34. The highest BCUT2D eigenvalue weighted by Crippen LogP contribution is 2.15. The van der Waals surface area contributed by atoms with Crippen LogP contribution in [0.3, 0.4) is 0 Å². The molecule has 2 amide bonds. The number of rotatable bonds is 7. The molecule has 0 aliphatic rings. The molecule has 0 radical (unpaired) electrons. The van der Waals surface area contributed by atoms with Crippen LogP contribution in [-0.2, 0) is 9.59 Å². The highest BCUT2D eigenvalue weighted by molar-refractivity contribution is 7.12. The Morgan fingerprint density at radius 2 is 2.05 bits per heavy atom. The Morgan fingerprint density at radius 3 is 2.52 bits per heavy atom. The van der Waals surface area contributed by atoms with Gasteiger partial charge >= 0.3 is 5.97 Å². The van der Waals surface area contributed by atoms with Crippen molar-refractivity contribution in [2.24, 2.45) is 0 Å². The van der Waals surface area contributed by atoms with E-state index >= 15 is 0 Å². The Morgan fingerprint density at radius 1 is 1.38 bits per heavy atom. The molecule has 0 saturated heterocycles. The Kier molecular flexibility index (Phi) is 5.90. The van der Waals surface area contributed by atoms with Gasteiger partial charge in [-0.25, -0.2) is 4.79 Å². The molecule has 1 aromatic rings. The fraction of sp³-hybridized carbons (Fsp3) is 0.500. The van der Waals surface area contributed by atoms with Crippen LogP contribution in [0.5, 0.6) is 0 Å². The SMILES string of the molecule is CCN(C(=O)CCNC(=O)c1cccs1)C(C)(C)C(=O)O. The van der Waals surface area contributed by atoms with Crippen molar-refractivity contribution in [2.75, 3.05) is 13.1 Å². The van der Waals surface area contributed by atoms with E-state index in [-0.39, 0.29) is 24.8 Å². The van der Waals surface area contributed by atoms with E-state index in [4.69, 9.17) is 5.11 Å². The predicted molar refractivity (Wildman–Crippen MR) is 80.4 cm³/mol. The number of hydrogen-bond donors (Lipinski definition) is 2. The minimum absolute atomic E-state index is 0.0711. The Balaban J connectivity index is 2.52. The molecule has 1 rings (SSSR count). The number of nitrogens with zero attached hydrogens (tertiary/aromatic N) is 1. The number of hydrogen-bond acceptors (Lipinski definition) is 4. The summed E-state index contributed by atoms with van der Waals surface area (Å²) in [4.78, 5) is 36.9. The maximum atomic E-state index is 12.1. The number of amides is 2. The lowest BCUT2D eigenvalue weighted by atomic mass is 10.0. The van der Waals surface area contributed by atoms with E-state index in [0.717, 1.165) is 0 Å². The van der Waals surface area contributed by atoms with Crippen LogP contribution in [0.1, 0.15) is 36.9 Å². The molecule has 0 aromatic carbocycles. The van der Waals surface area contributed by atoms with Crippen LogP contribution in [0.2, 0.25) is 0 Å². The van der Waals surface area contributed by atoms with Crippen molar-refractivity contribution in [3.8, 4) is 0 Å². The average Bonchev–Trinajstić information content (AvgIpc) is 2.92. The minimum Gasteiger partial charge on any atom is -0.480 e. The summed E-state index contributed by atoms with van der Waals surface area (Å²) in [6, 6.07) is 3.48. The molecule has 0 spiro atoms. The van der Waals surface area contributed by atoms with Gasteiger partial charge in [0.2, 0.25) is 5.91 Å². The van der Waals surface area contributed by atoms with Crippen molar-refractivity contribution in [1.82, 2.24) is 10.2 Å². The van der Waals surface area contributed by atoms with Crippen LogP contribution in [0.15, 0.2) is 17.5 Å². The van der Waals surface area contributed by atoms with E-state index < -0.39 is 11.5 Å². The maximum absolute atomic E-state index is 12.1. The lowest BCUT2D eigenvalue weighted by Crippen LogP contribution is -2.53. The molecule has 0 aliphatic carbocycles. The average molecular weight is 312 g/mol. The first-order valence-corrected chi connectivity index (χ1v) is 7.54. The van der Waals surface area contributed by atoms with E-state index in [0.29, 0.717) is 11.4 Å². The molecule has 2 N–H and O–H groups in total. The van der Waals surface area contributed by atoms with Gasteiger partial charge in [-0.2, -0.15) is 0 Å². The molecule has 0 bridgehead atoms. The summed E-state index contributed by atoms with van der Waals surface area (Å²) < 4.78 is 0. The molecular formula is C14H20N2O4S. The molecule has 0 fully saturated rings. The van der Waals surface area contributed by atoms with Gasteiger partial charge < -0.3 is 15.3 Å². The van der Waals surface area contributed by atoms with E-state index in [2.05, 4.69) is 5.32 Å². The topological polar surface area (TPSA) is 86.7 Å². The standard InChI is InChI=1S/C14H20N2O4S/c1-4-16(14(2,3)13(19)20)11(17)7-8-15-12(18)10-6-5-9-21-10/h5-6,9H,4,7-8H2,1-3H3,(H,15,18)(H,19,20). The number of carboxylic acids is 1. The van der Waals surface area contributed by atoms with Crippen LogP contribution < -0.4 is 5.32 Å². The summed E-state index contributed by atoms with van der Waals surface area (Å²) in [6.07, 6.45) is 0.0711. The van der Waals surface area contributed by atoms with Crippen LogP contribution in [0, 0.1) is 0 Å². The molecule has 6 nitrogen and oxygen atoms in total. The van der Waals surface area contributed by atoms with Crippen LogP contribution >= 0.6 is 11.3 Å². The number of carboxylic acid groups (broad SMARTS) is 1. The fourth-order valence-corrected chi connectivity index (χ4v) is 2.55. The van der Waals surface area contributed by atoms with Gasteiger partial charge in [-0.05, 0) is 32.2 Å². The van der Waals surface area contributed by atoms with Crippen molar-refractivity contribution < 1.29 is 19.5 Å². The summed E-state index contributed by atoms with van der Waals surface area (Å²) in [5.74, 6) is -1.57. The van der Waals surface area contributed by atoms with Gasteiger partial charge in [-0.3, -0.25) is 9.59 Å². The second-order valence-corrected chi connectivity index (χ2v) is 5.93. The summed E-state index contributed by atoms with van der Waals surface area (Å²) in [7, 11) is 0. The zero-order valence-electron chi connectivity index (χ0n) is 12.4. The monoisotopic (exact) mass is 312 g/mol. The van der Waals surface area contributed by atoms with Crippen LogP contribution in [0.4, 0.5) is 0 Å². The van der Waals surface area contributed by atoms with Gasteiger partial charge in [0.05, 0.1) is 4.88 Å². The molecule has 0 unspecified atom stereocenters. The zero-order valence-corrected chi connectivity index (χ0v) is 13.2. The first-order valence-electron chi connectivity index (χ1n) is 6.66. The number of carbonyl (C=O) groups excluding carboxylic acids is 2. The predicted octanol–water partition coefficient (Wildman–Crippen LogP) is 1.58. The quantitative estimate of drug-likeness (QED) is 0.800. The number of carbonyl (C=O) groups is 3. The van der Waals surface area contributed by atoms with Gasteiger partial charge in [-0.1, -0.05) is 6.07 Å². The number of thiophene rings is 1. The smallest absolute Gasteiger partial charge is 0.329 e. The highest BCUT2D eigenvalue weighted by atomic mass is 32.1. The number of likely N-dealkylation sites (N-methyl/N-ethyl adjacent to an activating group) is 1. The summed E-state index contributed by atoms with van der Waals surface area (Å²) in [5, 5.41) is 13.6. The second-order valence-electron chi connectivity index (χ2n) is 4.99. The van der Waals surface area contributed by atoms with Crippen molar-refractivity contribution in [3.05, 3.63) is 22.4 Å². The summed E-state index contributed by atoms with van der Waals surface area (Å²) in [5.41, 5.74) is -1.26. The largest absolute Gasteiger partial charge is 0.480 e. The van der Waals surface area contributed by atoms with Crippen molar-refractivity contribution >= 4 is 29.1 Å². The normalized spacial score (nSPS) is 11.0. The molecule has 1 heterocycles. The molecule has 21 heavy (non-hydrogen) atoms. The van der Waals surface area contributed by atoms with Crippen LogP contribution in [-0.4, -0.2) is 46.4 Å². The maximum Gasteiger partial charge on any atom is 0.329 e. The van der Waals surface area contributed by atoms with Gasteiger partial charge in [0.15, 0.2) is 0 Å². The van der Waals surface area contributed by atoms with Crippen molar-refractivity contribution in [3.63, 3.8) is 0 Å². The molecule has 7 heteroatoms. The van der Waals surface area contributed by atoms with E-state index in [1.54, 1.807) is 24.4 Å². The van der Waals surface area contributed by atoms with E-state index in [1.165, 1.54) is 30.1 Å². The molecule has 0 atom stereocenters. The van der Waals surface area contributed by atoms with Gasteiger partial charge in [0.25, 0.3) is 5.91 Å². The first kappa shape index (κ1) is 17.2. The second kappa shape index (κ2) is 7.21. The summed E-state index contributed by atoms with van der Waals surface area (Å²) >= 11 is 1.32. The van der Waals surface area contributed by atoms with E-state index in [1.807, 2.05) is 0 Å². The lowest BCUT2D eigenvalue weighted by molar-refractivity contribution is -0.156. The highest BCUT2D eigenvalue weighted by Gasteiger charge is 2.36. The molecule has 0 aliphatic heterocycles. The fourth-order valence-electron chi connectivity index (χ4n) is 1.91. The third-order valence-corrected chi connectivity index (χ3v) is 4.05. The molecular weight excluding hydrogens is 292 g/mol. The first-order chi connectivity index (χ1) is 9.80. The molecule has 1 aromatic heterocycles. The summed E-state index contributed by atoms with van der Waals surface area (Å²) in [6.45, 7) is 5.19. The Hall–Kier alpha value is -1.89. The number of nitrogens with one attached hydrogen (secondary N) is 1. The third-order valence-electron chi connectivity index (χ3n) is 3.18. The van der Waals surface area contributed by atoms with Gasteiger partial charge in [0.1, 0.15) is 5.54 Å². The van der Waals surface area contributed by atoms with Crippen molar-refractivity contribution in [2.45, 2.75) is 32.7 Å². The number of aliphatic carboxylic acids is 1. The van der Waals surface area contributed by atoms with Gasteiger partial charge in [-0.15, -0.1) is 11.3 Å². The Labute approximate surface area is 127 Å². The van der Waals surface area contributed by atoms with E-state index in [9.17, 15) is 14.4 Å². The van der Waals surface area contributed by atoms with Gasteiger partial charge in [0, 0.05) is 19.5 Å². The minimum atomic E-state index is -1.26. The third kappa shape index (κ3) is 4.29. The molecule has 0 saturated carbocycles. The Bertz CT molecular complexity index is 511. The molecule has 116 valence electrons. The zero-order chi connectivity index (χ0) is 16.0.